The summed E-state index contributed by atoms with van der Waals surface area (Å²) in [6, 6.07) is 2.11. The van der Waals surface area contributed by atoms with Gasteiger partial charge in [0.2, 0.25) is 0 Å². The molecule has 0 saturated heterocycles. The maximum atomic E-state index is 8.62. The lowest BCUT2D eigenvalue weighted by molar-refractivity contribution is 0.0914. The van der Waals surface area contributed by atoms with Gasteiger partial charge in [0.05, 0.1) is 12.7 Å². The summed E-state index contributed by atoms with van der Waals surface area (Å²) in [6.45, 7) is 4.72. The molecule has 84 valence electrons. The highest BCUT2D eigenvalue weighted by Crippen LogP contribution is 1.98. The van der Waals surface area contributed by atoms with Crippen LogP contribution >= 0.6 is 0 Å². The van der Waals surface area contributed by atoms with Crippen molar-refractivity contribution in [3.8, 4) is 6.07 Å². The van der Waals surface area contributed by atoms with Crippen LogP contribution in [0.1, 0.15) is 39.5 Å². The molecule has 15 heavy (non-hydrogen) atoms. The molecule has 0 heterocycles. The van der Waals surface area contributed by atoms with Gasteiger partial charge in [-0.3, -0.25) is 0 Å². The third-order valence-corrected chi connectivity index (χ3v) is 1.96. The minimum Gasteiger partial charge on any atom is -0.363 e. The SMILES string of the molecule is CCC=CCC=CCCOC(C#N)CC. The molecule has 0 aromatic rings. The van der Waals surface area contributed by atoms with Crippen LogP contribution in [0.2, 0.25) is 0 Å². The Morgan fingerprint density at radius 3 is 2.53 bits per heavy atom. The van der Waals surface area contributed by atoms with Gasteiger partial charge in [0, 0.05) is 0 Å². The first-order valence-electron chi connectivity index (χ1n) is 5.66. The van der Waals surface area contributed by atoms with Crippen LogP contribution in [-0.2, 0) is 4.74 Å². The summed E-state index contributed by atoms with van der Waals surface area (Å²) in [5.41, 5.74) is 0. The summed E-state index contributed by atoms with van der Waals surface area (Å²) in [5.74, 6) is 0. The molecule has 0 spiro atoms. The van der Waals surface area contributed by atoms with Crippen molar-refractivity contribution in [1.29, 1.82) is 5.26 Å². The fourth-order valence-electron chi connectivity index (χ4n) is 1.08. The molecule has 0 rings (SSSR count). The first-order valence-corrected chi connectivity index (χ1v) is 5.66. The van der Waals surface area contributed by atoms with Crippen molar-refractivity contribution < 1.29 is 4.74 Å². The largest absolute Gasteiger partial charge is 0.363 e. The van der Waals surface area contributed by atoms with E-state index in [0.29, 0.717) is 6.61 Å². The fraction of sp³-hybridized carbons (Fsp3) is 0.615. The van der Waals surface area contributed by atoms with Crippen LogP contribution in [0.25, 0.3) is 0 Å². The van der Waals surface area contributed by atoms with E-state index in [2.05, 4.69) is 37.3 Å². The van der Waals surface area contributed by atoms with Crippen molar-refractivity contribution in [2.75, 3.05) is 6.61 Å². The van der Waals surface area contributed by atoms with Crippen molar-refractivity contribution in [3.05, 3.63) is 24.3 Å². The Morgan fingerprint density at radius 1 is 1.20 bits per heavy atom. The number of nitrogens with zero attached hydrogens (tertiary/aromatic N) is 1. The van der Waals surface area contributed by atoms with Crippen LogP contribution in [0.5, 0.6) is 0 Å². The van der Waals surface area contributed by atoms with Gasteiger partial charge in [-0.25, -0.2) is 0 Å². The zero-order chi connectivity index (χ0) is 11.4. The summed E-state index contributed by atoms with van der Waals surface area (Å²) in [6.07, 6.45) is 12.0. The lowest BCUT2D eigenvalue weighted by Crippen LogP contribution is -2.09. The number of hydrogen-bond acceptors (Lipinski definition) is 2. The minimum atomic E-state index is -0.238. The second-order valence-corrected chi connectivity index (χ2v) is 3.27. The van der Waals surface area contributed by atoms with Gasteiger partial charge in [0.1, 0.15) is 6.10 Å². The molecule has 0 aliphatic heterocycles. The minimum absolute atomic E-state index is 0.238. The molecule has 1 atom stereocenters. The van der Waals surface area contributed by atoms with Gasteiger partial charge >= 0.3 is 0 Å². The first kappa shape index (κ1) is 13.9. The second kappa shape index (κ2) is 11.0. The van der Waals surface area contributed by atoms with E-state index in [9.17, 15) is 0 Å². The molecule has 0 saturated carbocycles. The zero-order valence-electron chi connectivity index (χ0n) is 9.78. The Hall–Kier alpha value is -1.07. The molecule has 2 nitrogen and oxygen atoms in total. The standard InChI is InChI=1S/C13H21NO/c1-3-5-6-7-8-9-10-11-15-13(4-2)12-14/h5-6,8-9,13H,3-4,7,10-11H2,1-2H3. The Bertz CT molecular complexity index is 225. The van der Waals surface area contributed by atoms with Gasteiger partial charge in [-0.15, -0.1) is 0 Å². The number of allylic oxidation sites excluding steroid dienone is 3. The molecule has 0 aliphatic carbocycles. The topological polar surface area (TPSA) is 33.0 Å². The molecule has 0 aromatic carbocycles. The monoisotopic (exact) mass is 207 g/mol. The van der Waals surface area contributed by atoms with E-state index in [4.69, 9.17) is 10.00 Å². The Balaban J connectivity index is 3.38. The lowest BCUT2D eigenvalue weighted by atomic mass is 10.3. The third kappa shape index (κ3) is 9.24. The van der Waals surface area contributed by atoms with Gasteiger partial charge in [-0.2, -0.15) is 5.26 Å². The van der Waals surface area contributed by atoms with Crippen molar-refractivity contribution in [3.63, 3.8) is 0 Å². The van der Waals surface area contributed by atoms with Gasteiger partial charge in [0.15, 0.2) is 0 Å². The van der Waals surface area contributed by atoms with E-state index >= 15 is 0 Å². The van der Waals surface area contributed by atoms with E-state index < -0.39 is 0 Å². The second-order valence-electron chi connectivity index (χ2n) is 3.27. The maximum absolute atomic E-state index is 8.62. The summed E-state index contributed by atoms with van der Waals surface area (Å²) in [4.78, 5) is 0. The van der Waals surface area contributed by atoms with Crippen molar-refractivity contribution >= 4 is 0 Å². The zero-order valence-corrected chi connectivity index (χ0v) is 9.78. The van der Waals surface area contributed by atoms with Crippen LogP contribution in [0.4, 0.5) is 0 Å². The molecule has 2 heteroatoms. The van der Waals surface area contributed by atoms with E-state index in [0.717, 1.165) is 25.7 Å². The number of ether oxygens (including phenoxy) is 1. The van der Waals surface area contributed by atoms with Crippen LogP contribution in [0, 0.1) is 11.3 Å². The van der Waals surface area contributed by atoms with Crippen LogP contribution < -0.4 is 0 Å². The average Bonchev–Trinajstić information content (AvgIpc) is 2.27. The predicted octanol–water partition coefficient (Wildman–Crippen LogP) is 3.61. The summed E-state index contributed by atoms with van der Waals surface area (Å²) < 4.78 is 5.34. The number of hydrogen-bond donors (Lipinski definition) is 0. The highest BCUT2D eigenvalue weighted by molar-refractivity contribution is 4.92. The van der Waals surface area contributed by atoms with E-state index in [1.807, 2.05) is 6.92 Å². The van der Waals surface area contributed by atoms with Gasteiger partial charge in [0.25, 0.3) is 0 Å². The molecule has 0 aromatic heterocycles. The molecule has 1 unspecified atom stereocenters. The Morgan fingerprint density at radius 2 is 1.93 bits per heavy atom. The molecular formula is C13H21NO. The third-order valence-electron chi connectivity index (χ3n) is 1.96. The molecule has 0 N–H and O–H groups in total. The van der Waals surface area contributed by atoms with Gasteiger partial charge < -0.3 is 4.74 Å². The maximum Gasteiger partial charge on any atom is 0.143 e. The quantitative estimate of drug-likeness (QED) is 0.450. The normalized spacial score (nSPS) is 13.4. The van der Waals surface area contributed by atoms with Gasteiger partial charge in [-0.05, 0) is 25.7 Å². The number of nitriles is 1. The highest BCUT2D eigenvalue weighted by atomic mass is 16.5. The van der Waals surface area contributed by atoms with E-state index in [-0.39, 0.29) is 6.10 Å². The summed E-state index contributed by atoms with van der Waals surface area (Å²) in [7, 11) is 0. The summed E-state index contributed by atoms with van der Waals surface area (Å²) in [5, 5.41) is 8.62. The highest BCUT2D eigenvalue weighted by Gasteiger charge is 2.01. The van der Waals surface area contributed by atoms with Crippen LogP contribution in [-0.4, -0.2) is 12.7 Å². The average molecular weight is 207 g/mol. The van der Waals surface area contributed by atoms with Crippen molar-refractivity contribution in [2.45, 2.75) is 45.6 Å². The molecular weight excluding hydrogens is 186 g/mol. The predicted molar refractivity (Wildman–Crippen MR) is 63.4 cm³/mol. The van der Waals surface area contributed by atoms with Crippen LogP contribution in [0.3, 0.4) is 0 Å². The van der Waals surface area contributed by atoms with Crippen molar-refractivity contribution in [1.82, 2.24) is 0 Å². The molecule has 0 aliphatic rings. The molecule has 0 radical (unpaired) electrons. The Labute approximate surface area is 93.2 Å². The number of rotatable bonds is 8. The van der Waals surface area contributed by atoms with E-state index in [1.165, 1.54) is 0 Å². The fourth-order valence-corrected chi connectivity index (χ4v) is 1.08. The Kier molecular flexibility index (Phi) is 10.2. The van der Waals surface area contributed by atoms with Crippen LogP contribution in [0.15, 0.2) is 24.3 Å². The molecule has 0 amide bonds. The lowest BCUT2D eigenvalue weighted by Gasteiger charge is -2.05. The van der Waals surface area contributed by atoms with Crippen molar-refractivity contribution in [2.24, 2.45) is 0 Å². The smallest absolute Gasteiger partial charge is 0.143 e. The van der Waals surface area contributed by atoms with E-state index in [1.54, 1.807) is 0 Å². The molecule has 0 bridgehead atoms. The summed E-state index contributed by atoms with van der Waals surface area (Å²) >= 11 is 0. The first-order chi connectivity index (χ1) is 7.35. The molecule has 0 fully saturated rings. The van der Waals surface area contributed by atoms with Gasteiger partial charge in [-0.1, -0.05) is 38.2 Å².